The highest BCUT2D eigenvalue weighted by Crippen LogP contribution is 2.38. The molecule has 2 amide bonds. The van der Waals surface area contributed by atoms with Gasteiger partial charge in [0, 0.05) is 42.3 Å². The monoisotopic (exact) mass is 310 g/mol. The maximum atomic E-state index is 12.4. The molecule has 0 radical (unpaired) electrons. The molecular formula is C17H18N4O2. The first kappa shape index (κ1) is 15.1. The molecule has 1 aromatic heterocycles. The molecule has 6 nitrogen and oxygen atoms in total. The average molecular weight is 310 g/mol. The summed E-state index contributed by atoms with van der Waals surface area (Å²) < 4.78 is 0. The molecule has 2 aromatic rings. The summed E-state index contributed by atoms with van der Waals surface area (Å²) >= 11 is 0. The third-order valence-corrected chi connectivity index (χ3v) is 3.84. The average Bonchev–Trinajstić information content (AvgIpc) is 3.09. The van der Waals surface area contributed by atoms with Crippen molar-refractivity contribution >= 4 is 34.3 Å². The molecule has 0 unspecified atom stereocenters. The van der Waals surface area contributed by atoms with Crippen LogP contribution < -0.4 is 16.4 Å². The third-order valence-electron chi connectivity index (χ3n) is 3.84. The number of hydrogen-bond donors (Lipinski definition) is 4. The van der Waals surface area contributed by atoms with E-state index in [9.17, 15) is 9.59 Å². The highest BCUT2D eigenvalue weighted by molar-refractivity contribution is 6.36. The Balaban J connectivity index is 2.09. The van der Waals surface area contributed by atoms with Gasteiger partial charge in [0.15, 0.2) is 0 Å². The second-order valence-corrected chi connectivity index (χ2v) is 5.52. The summed E-state index contributed by atoms with van der Waals surface area (Å²) in [4.78, 5) is 26.7. The van der Waals surface area contributed by atoms with Crippen LogP contribution in [0.3, 0.4) is 0 Å². The number of hydrogen-bond acceptors (Lipinski definition) is 3. The normalized spacial score (nSPS) is 15.2. The summed E-state index contributed by atoms with van der Waals surface area (Å²) in [6.45, 7) is 3.78. The number of amides is 2. The van der Waals surface area contributed by atoms with Gasteiger partial charge in [-0.2, -0.15) is 0 Å². The zero-order chi connectivity index (χ0) is 16.6. The standard InChI is InChI=1S/C17H18N4O2/c1-9(15-5-11(7-18)8-19-15)16-13-6-12(20-10(2)22)3-4-14(13)21-17(16)23/h3-6,8,19H,7,18H2,1-2H3,(H,20,22)(H,21,23). The Kier molecular flexibility index (Phi) is 3.75. The van der Waals surface area contributed by atoms with Gasteiger partial charge in [0.1, 0.15) is 0 Å². The predicted octanol–water partition coefficient (Wildman–Crippen LogP) is 2.31. The lowest BCUT2D eigenvalue weighted by molar-refractivity contribution is -0.114. The Morgan fingerprint density at radius 1 is 1.26 bits per heavy atom. The lowest BCUT2D eigenvalue weighted by Gasteiger charge is -2.07. The van der Waals surface area contributed by atoms with Crippen molar-refractivity contribution in [3.05, 3.63) is 47.3 Å². The van der Waals surface area contributed by atoms with Crippen LogP contribution in [-0.4, -0.2) is 16.8 Å². The van der Waals surface area contributed by atoms with E-state index in [1.165, 1.54) is 6.92 Å². The van der Waals surface area contributed by atoms with Crippen molar-refractivity contribution in [1.82, 2.24) is 4.98 Å². The van der Waals surface area contributed by atoms with Crippen LogP contribution in [0.25, 0.3) is 11.1 Å². The van der Waals surface area contributed by atoms with E-state index < -0.39 is 0 Å². The summed E-state index contributed by atoms with van der Waals surface area (Å²) in [6.07, 6.45) is 1.83. The van der Waals surface area contributed by atoms with Crippen molar-refractivity contribution in [1.29, 1.82) is 0 Å². The minimum absolute atomic E-state index is 0.151. The molecule has 0 bridgehead atoms. The second-order valence-electron chi connectivity index (χ2n) is 5.52. The van der Waals surface area contributed by atoms with Gasteiger partial charge in [0.05, 0.1) is 5.57 Å². The van der Waals surface area contributed by atoms with Crippen molar-refractivity contribution in [2.75, 3.05) is 10.6 Å². The molecule has 0 atom stereocenters. The molecule has 23 heavy (non-hydrogen) atoms. The fourth-order valence-electron chi connectivity index (χ4n) is 2.73. The predicted molar refractivity (Wildman–Crippen MR) is 90.5 cm³/mol. The molecule has 2 heterocycles. The minimum Gasteiger partial charge on any atom is -0.361 e. The Morgan fingerprint density at radius 2 is 2.04 bits per heavy atom. The van der Waals surface area contributed by atoms with Crippen LogP contribution in [0.4, 0.5) is 11.4 Å². The highest BCUT2D eigenvalue weighted by Gasteiger charge is 2.27. The summed E-state index contributed by atoms with van der Waals surface area (Å²) in [7, 11) is 0. The smallest absolute Gasteiger partial charge is 0.256 e. The van der Waals surface area contributed by atoms with E-state index in [2.05, 4.69) is 15.6 Å². The van der Waals surface area contributed by atoms with Gasteiger partial charge < -0.3 is 21.4 Å². The molecule has 5 N–H and O–H groups in total. The van der Waals surface area contributed by atoms with Gasteiger partial charge in [-0.05, 0) is 42.3 Å². The lowest BCUT2D eigenvalue weighted by Crippen LogP contribution is -2.05. The summed E-state index contributed by atoms with van der Waals surface area (Å²) in [5, 5.41) is 5.59. The number of anilines is 2. The van der Waals surface area contributed by atoms with Gasteiger partial charge in [-0.15, -0.1) is 0 Å². The van der Waals surface area contributed by atoms with E-state index >= 15 is 0 Å². The van der Waals surface area contributed by atoms with E-state index in [0.29, 0.717) is 17.8 Å². The van der Waals surface area contributed by atoms with Crippen LogP contribution in [-0.2, 0) is 16.1 Å². The van der Waals surface area contributed by atoms with Crippen molar-refractivity contribution in [2.45, 2.75) is 20.4 Å². The topological polar surface area (TPSA) is 100 Å². The summed E-state index contributed by atoms with van der Waals surface area (Å²) in [5.74, 6) is -0.303. The number of carbonyl (C=O) groups is 2. The fraction of sp³-hybridized carbons (Fsp3) is 0.176. The molecule has 0 spiro atoms. The largest absolute Gasteiger partial charge is 0.361 e. The van der Waals surface area contributed by atoms with Crippen LogP contribution in [0.1, 0.15) is 30.7 Å². The van der Waals surface area contributed by atoms with Crippen molar-refractivity contribution in [3.63, 3.8) is 0 Å². The Labute approximate surface area is 133 Å². The number of carbonyl (C=O) groups excluding carboxylic acids is 2. The number of allylic oxidation sites excluding steroid dienone is 1. The molecule has 1 aliphatic heterocycles. The van der Waals surface area contributed by atoms with Gasteiger partial charge in [0.25, 0.3) is 5.91 Å². The number of H-pyrrole nitrogens is 1. The summed E-state index contributed by atoms with van der Waals surface area (Å²) in [6, 6.07) is 7.30. The Hall–Kier alpha value is -2.86. The SMILES string of the molecule is CC(=O)Nc1ccc2c(c1)C(=C(C)c1cc(CN)c[nH]1)C(=O)N2. The highest BCUT2D eigenvalue weighted by atomic mass is 16.2. The molecule has 118 valence electrons. The number of nitrogens with two attached hydrogens (primary N) is 1. The molecule has 0 aliphatic carbocycles. The fourth-order valence-corrected chi connectivity index (χ4v) is 2.73. The first-order valence-corrected chi connectivity index (χ1v) is 7.31. The summed E-state index contributed by atoms with van der Waals surface area (Å²) in [5.41, 5.74) is 11.1. The lowest BCUT2D eigenvalue weighted by atomic mass is 9.99. The molecule has 3 rings (SSSR count). The van der Waals surface area contributed by atoms with Gasteiger partial charge in [-0.3, -0.25) is 9.59 Å². The second kappa shape index (κ2) is 5.73. The number of rotatable bonds is 3. The van der Waals surface area contributed by atoms with Crippen LogP contribution >= 0.6 is 0 Å². The van der Waals surface area contributed by atoms with Crippen LogP contribution in [0.2, 0.25) is 0 Å². The van der Waals surface area contributed by atoms with Gasteiger partial charge in [-0.1, -0.05) is 0 Å². The molecule has 6 heteroatoms. The zero-order valence-electron chi connectivity index (χ0n) is 13.0. The van der Waals surface area contributed by atoms with E-state index in [1.807, 2.05) is 19.2 Å². The maximum Gasteiger partial charge on any atom is 0.256 e. The Bertz CT molecular complexity index is 833. The number of aromatic nitrogens is 1. The van der Waals surface area contributed by atoms with Crippen molar-refractivity contribution < 1.29 is 9.59 Å². The molecule has 0 saturated carbocycles. The molecule has 1 aliphatic rings. The number of benzene rings is 1. The van der Waals surface area contributed by atoms with E-state index in [1.54, 1.807) is 18.2 Å². The third kappa shape index (κ3) is 2.76. The molecule has 0 saturated heterocycles. The van der Waals surface area contributed by atoms with E-state index in [-0.39, 0.29) is 11.8 Å². The quantitative estimate of drug-likeness (QED) is 0.654. The van der Waals surface area contributed by atoms with Gasteiger partial charge >= 0.3 is 0 Å². The van der Waals surface area contributed by atoms with Gasteiger partial charge in [-0.25, -0.2) is 0 Å². The first-order valence-electron chi connectivity index (χ1n) is 7.31. The van der Waals surface area contributed by atoms with Crippen LogP contribution in [0.5, 0.6) is 0 Å². The van der Waals surface area contributed by atoms with E-state index in [4.69, 9.17) is 5.73 Å². The van der Waals surface area contributed by atoms with Crippen LogP contribution in [0.15, 0.2) is 30.5 Å². The Morgan fingerprint density at radius 3 is 2.70 bits per heavy atom. The number of aromatic amines is 1. The first-order chi connectivity index (χ1) is 11.0. The zero-order valence-corrected chi connectivity index (χ0v) is 13.0. The maximum absolute atomic E-state index is 12.4. The van der Waals surface area contributed by atoms with Crippen molar-refractivity contribution in [3.8, 4) is 0 Å². The number of fused-ring (bicyclic) bond motifs is 1. The minimum atomic E-state index is -0.152. The van der Waals surface area contributed by atoms with E-state index in [0.717, 1.165) is 28.1 Å². The van der Waals surface area contributed by atoms with Crippen LogP contribution in [0, 0.1) is 0 Å². The van der Waals surface area contributed by atoms with Crippen molar-refractivity contribution in [2.24, 2.45) is 5.73 Å². The molecule has 1 aromatic carbocycles. The number of nitrogens with one attached hydrogen (secondary N) is 3. The molecule has 0 fully saturated rings. The molecular weight excluding hydrogens is 292 g/mol. The van der Waals surface area contributed by atoms with Gasteiger partial charge in [0.2, 0.25) is 5.91 Å².